The van der Waals surface area contributed by atoms with Crippen LogP contribution in [0, 0.1) is 10.8 Å². The number of nitrogens with zero attached hydrogens (tertiary/aromatic N) is 1. The predicted molar refractivity (Wildman–Crippen MR) is 76.0 cm³/mol. The standard InChI is InChI=1S/C15H28N2O2/c1-13(18)15(4-3-5-15)11-17-8-6-14(10-16,7-9-17)12-19-2/h3-12,16H2,1-2H3. The number of piperidine rings is 1. The third kappa shape index (κ3) is 3.01. The van der Waals surface area contributed by atoms with Crippen LogP contribution < -0.4 is 5.73 Å². The summed E-state index contributed by atoms with van der Waals surface area (Å²) in [5.74, 6) is 0.381. The molecule has 4 nitrogen and oxygen atoms in total. The topological polar surface area (TPSA) is 55.6 Å². The van der Waals surface area contributed by atoms with Gasteiger partial charge in [0.25, 0.3) is 0 Å². The van der Waals surface area contributed by atoms with E-state index in [4.69, 9.17) is 10.5 Å². The lowest BCUT2D eigenvalue weighted by Crippen LogP contribution is -2.52. The Balaban J connectivity index is 1.88. The summed E-state index contributed by atoms with van der Waals surface area (Å²) in [6, 6.07) is 0. The van der Waals surface area contributed by atoms with Gasteiger partial charge >= 0.3 is 0 Å². The zero-order valence-corrected chi connectivity index (χ0v) is 12.4. The number of Topliss-reactive ketones (excluding diaryl/α,β-unsaturated/α-hetero) is 1. The minimum Gasteiger partial charge on any atom is -0.384 e. The molecule has 0 aromatic heterocycles. The Labute approximate surface area is 116 Å². The number of hydrogen-bond acceptors (Lipinski definition) is 4. The molecule has 0 spiro atoms. The Morgan fingerprint density at radius 1 is 1.26 bits per heavy atom. The van der Waals surface area contributed by atoms with Crippen LogP contribution in [0.15, 0.2) is 0 Å². The summed E-state index contributed by atoms with van der Waals surface area (Å²) in [5, 5.41) is 0. The predicted octanol–water partition coefficient (Wildman–Crippen LogP) is 1.43. The fourth-order valence-electron chi connectivity index (χ4n) is 3.55. The third-order valence-corrected chi connectivity index (χ3v) is 5.38. The van der Waals surface area contributed by atoms with Gasteiger partial charge in [-0.1, -0.05) is 6.42 Å². The Morgan fingerprint density at radius 2 is 1.89 bits per heavy atom. The maximum atomic E-state index is 11.8. The van der Waals surface area contributed by atoms with Crippen molar-refractivity contribution in [2.45, 2.75) is 39.0 Å². The summed E-state index contributed by atoms with van der Waals surface area (Å²) in [4.78, 5) is 14.3. The first-order chi connectivity index (χ1) is 9.06. The number of carbonyl (C=O) groups is 1. The van der Waals surface area contributed by atoms with Crippen molar-refractivity contribution in [3.63, 3.8) is 0 Å². The molecule has 1 aliphatic carbocycles. The molecule has 4 heteroatoms. The first kappa shape index (κ1) is 14.9. The minimum atomic E-state index is -0.0238. The normalized spacial score (nSPS) is 25.8. The fraction of sp³-hybridized carbons (Fsp3) is 0.933. The van der Waals surface area contributed by atoms with Crippen LogP contribution in [-0.2, 0) is 9.53 Å². The molecule has 0 radical (unpaired) electrons. The number of rotatable bonds is 6. The van der Waals surface area contributed by atoms with Crippen molar-refractivity contribution in [1.82, 2.24) is 4.90 Å². The van der Waals surface area contributed by atoms with Crippen LogP contribution in [-0.4, -0.2) is 50.6 Å². The molecular weight excluding hydrogens is 240 g/mol. The quantitative estimate of drug-likeness (QED) is 0.792. The second-order valence-corrected chi connectivity index (χ2v) is 6.60. The van der Waals surface area contributed by atoms with Crippen LogP contribution in [0.1, 0.15) is 39.0 Å². The highest BCUT2D eigenvalue weighted by Gasteiger charge is 2.44. The maximum Gasteiger partial charge on any atom is 0.137 e. The molecule has 2 aliphatic rings. The molecule has 2 N–H and O–H groups in total. The average molecular weight is 268 g/mol. The van der Waals surface area contributed by atoms with E-state index in [-0.39, 0.29) is 10.8 Å². The smallest absolute Gasteiger partial charge is 0.137 e. The second-order valence-electron chi connectivity index (χ2n) is 6.60. The molecule has 0 unspecified atom stereocenters. The van der Waals surface area contributed by atoms with Gasteiger partial charge < -0.3 is 15.4 Å². The molecule has 1 aliphatic heterocycles. The van der Waals surface area contributed by atoms with Gasteiger partial charge in [0.15, 0.2) is 0 Å². The Bertz CT molecular complexity index is 318. The van der Waals surface area contributed by atoms with Crippen molar-refractivity contribution in [3.05, 3.63) is 0 Å². The van der Waals surface area contributed by atoms with Crippen LogP contribution in [0.2, 0.25) is 0 Å². The van der Waals surface area contributed by atoms with Crippen LogP contribution >= 0.6 is 0 Å². The number of ketones is 1. The van der Waals surface area contributed by atoms with Crippen LogP contribution in [0.4, 0.5) is 0 Å². The second kappa shape index (κ2) is 5.90. The summed E-state index contributed by atoms with van der Waals surface area (Å²) < 4.78 is 5.33. The fourth-order valence-corrected chi connectivity index (χ4v) is 3.55. The molecule has 0 atom stereocenters. The molecule has 19 heavy (non-hydrogen) atoms. The summed E-state index contributed by atoms with van der Waals surface area (Å²) >= 11 is 0. The lowest BCUT2D eigenvalue weighted by atomic mass is 9.65. The summed E-state index contributed by atoms with van der Waals surface area (Å²) in [5.41, 5.74) is 6.07. The van der Waals surface area contributed by atoms with E-state index in [1.54, 1.807) is 14.0 Å². The van der Waals surface area contributed by atoms with Crippen molar-refractivity contribution >= 4 is 5.78 Å². The highest BCUT2D eigenvalue weighted by atomic mass is 16.5. The summed E-state index contributed by atoms with van der Waals surface area (Å²) in [6.45, 7) is 6.28. The van der Waals surface area contributed by atoms with Gasteiger partial charge in [-0.3, -0.25) is 4.79 Å². The molecule has 0 aromatic rings. The number of methoxy groups -OCH3 is 1. The molecule has 1 saturated carbocycles. The monoisotopic (exact) mass is 268 g/mol. The zero-order chi connectivity index (χ0) is 13.9. The van der Waals surface area contributed by atoms with Gasteiger partial charge in [-0.05, 0) is 45.7 Å². The van der Waals surface area contributed by atoms with Crippen molar-refractivity contribution in [2.24, 2.45) is 16.6 Å². The highest BCUT2D eigenvalue weighted by molar-refractivity contribution is 5.83. The third-order valence-electron chi connectivity index (χ3n) is 5.38. The molecule has 0 bridgehead atoms. The molecule has 0 amide bonds. The number of ether oxygens (including phenoxy) is 1. The molecule has 0 aromatic carbocycles. The van der Waals surface area contributed by atoms with Crippen molar-refractivity contribution in [2.75, 3.05) is 39.9 Å². The summed E-state index contributed by atoms with van der Waals surface area (Å²) in [7, 11) is 1.75. The van der Waals surface area contributed by atoms with E-state index in [9.17, 15) is 4.79 Å². The first-order valence-corrected chi connectivity index (χ1v) is 7.48. The highest BCUT2D eigenvalue weighted by Crippen LogP contribution is 2.43. The number of carbonyl (C=O) groups excluding carboxylic acids is 1. The molecule has 1 saturated heterocycles. The number of likely N-dealkylation sites (tertiary alicyclic amines) is 1. The zero-order valence-electron chi connectivity index (χ0n) is 12.4. The SMILES string of the molecule is COCC1(CN)CCN(CC2(C(C)=O)CCC2)CC1. The van der Waals surface area contributed by atoms with Gasteiger partial charge in [-0.15, -0.1) is 0 Å². The van der Waals surface area contributed by atoms with Gasteiger partial charge in [0.2, 0.25) is 0 Å². The van der Waals surface area contributed by atoms with Crippen LogP contribution in [0.25, 0.3) is 0 Å². The van der Waals surface area contributed by atoms with Crippen molar-refractivity contribution in [3.8, 4) is 0 Å². The first-order valence-electron chi connectivity index (χ1n) is 7.48. The van der Waals surface area contributed by atoms with Crippen LogP contribution in [0.3, 0.4) is 0 Å². The van der Waals surface area contributed by atoms with Gasteiger partial charge in [0.05, 0.1) is 6.61 Å². The maximum absolute atomic E-state index is 11.8. The Hall–Kier alpha value is -0.450. The van der Waals surface area contributed by atoms with E-state index in [0.29, 0.717) is 12.3 Å². The van der Waals surface area contributed by atoms with E-state index in [1.165, 1.54) is 6.42 Å². The van der Waals surface area contributed by atoms with Gasteiger partial charge in [-0.25, -0.2) is 0 Å². The lowest BCUT2D eigenvalue weighted by molar-refractivity contribution is -0.133. The van der Waals surface area contributed by atoms with E-state index in [0.717, 1.165) is 51.9 Å². The van der Waals surface area contributed by atoms with E-state index in [2.05, 4.69) is 4.90 Å². The molecular formula is C15H28N2O2. The minimum absolute atomic E-state index is 0.0238. The van der Waals surface area contributed by atoms with Crippen LogP contribution in [0.5, 0.6) is 0 Å². The molecule has 1 heterocycles. The van der Waals surface area contributed by atoms with Crippen molar-refractivity contribution < 1.29 is 9.53 Å². The van der Waals surface area contributed by atoms with Gasteiger partial charge in [0.1, 0.15) is 5.78 Å². The Morgan fingerprint density at radius 3 is 2.26 bits per heavy atom. The molecule has 2 fully saturated rings. The van der Waals surface area contributed by atoms with Gasteiger partial charge in [0, 0.05) is 31.0 Å². The largest absolute Gasteiger partial charge is 0.384 e. The van der Waals surface area contributed by atoms with E-state index >= 15 is 0 Å². The van der Waals surface area contributed by atoms with E-state index < -0.39 is 0 Å². The van der Waals surface area contributed by atoms with E-state index in [1.807, 2.05) is 0 Å². The summed E-state index contributed by atoms with van der Waals surface area (Å²) in [6.07, 6.45) is 5.55. The van der Waals surface area contributed by atoms with Gasteiger partial charge in [-0.2, -0.15) is 0 Å². The Kier molecular flexibility index (Phi) is 4.64. The molecule has 110 valence electrons. The lowest BCUT2D eigenvalue weighted by Gasteiger charge is -2.47. The van der Waals surface area contributed by atoms with Crippen molar-refractivity contribution in [1.29, 1.82) is 0 Å². The number of hydrogen-bond donors (Lipinski definition) is 1. The number of nitrogens with two attached hydrogens (primary N) is 1. The average Bonchev–Trinajstić information content (AvgIpc) is 2.36. The molecule has 2 rings (SSSR count).